The van der Waals surface area contributed by atoms with Crippen LogP contribution in [-0.4, -0.2) is 0 Å². The van der Waals surface area contributed by atoms with Crippen LogP contribution in [0.15, 0.2) is 49.1 Å². The lowest BCUT2D eigenvalue weighted by atomic mass is 10.1. The van der Waals surface area contributed by atoms with E-state index >= 15 is 0 Å². The van der Waals surface area contributed by atoms with E-state index in [1.807, 2.05) is 0 Å². The number of hydrogen-bond acceptors (Lipinski definition) is 0. The number of nitrogens with zero attached hydrogens (tertiary/aromatic N) is 2. The summed E-state index contributed by atoms with van der Waals surface area (Å²) in [6, 6.07) is 9.73. The SMILES string of the molecule is CC(C)[n+]1ccc(-c2cc[n+](C(C)C)cc2)cc1.[I-].[I-]. The Labute approximate surface area is 156 Å². The molecule has 0 radical (unpaired) electrons. The lowest BCUT2D eigenvalue weighted by Gasteiger charge is -2.04. The second-order valence-corrected chi connectivity index (χ2v) is 5.26. The summed E-state index contributed by atoms with van der Waals surface area (Å²) in [6.07, 6.45) is 8.57. The standard InChI is InChI=1S/C16H22N2.2HI/c1-13(2)17-9-5-15(6-10-17)16-7-11-18(12-8-16)14(3)4;;/h5-14H,1-4H3;2*1H/q+2;;/p-2. The molecule has 2 heterocycles. The van der Waals surface area contributed by atoms with Crippen molar-refractivity contribution in [3.05, 3.63) is 49.1 Å². The maximum atomic E-state index is 2.21. The maximum absolute atomic E-state index is 2.21. The fourth-order valence-corrected chi connectivity index (χ4v) is 1.95. The van der Waals surface area contributed by atoms with Gasteiger partial charge in [-0.15, -0.1) is 0 Å². The summed E-state index contributed by atoms with van der Waals surface area (Å²) < 4.78 is 4.42. The van der Waals surface area contributed by atoms with Gasteiger partial charge in [0.1, 0.15) is 0 Å². The zero-order valence-electron chi connectivity index (χ0n) is 12.4. The van der Waals surface area contributed by atoms with Crippen LogP contribution in [0.3, 0.4) is 0 Å². The minimum atomic E-state index is 0. The van der Waals surface area contributed by atoms with Crippen molar-refractivity contribution < 1.29 is 57.1 Å². The van der Waals surface area contributed by atoms with Crippen LogP contribution in [0, 0.1) is 0 Å². The van der Waals surface area contributed by atoms with Crippen LogP contribution in [0.4, 0.5) is 0 Å². The molecule has 2 aromatic rings. The Morgan fingerprint density at radius 1 is 0.600 bits per heavy atom. The number of rotatable bonds is 3. The Kier molecular flexibility index (Phi) is 8.81. The average molecular weight is 496 g/mol. The first-order valence-electron chi connectivity index (χ1n) is 6.60. The Balaban J connectivity index is 0.00000180. The summed E-state index contributed by atoms with van der Waals surface area (Å²) in [7, 11) is 0. The van der Waals surface area contributed by atoms with Gasteiger partial charge in [-0.05, 0) is 38.8 Å². The molecule has 0 aliphatic rings. The lowest BCUT2D eigenvalue weighted by molar-refractivity contribution is -0.716. The summed E-state index contributed by atoms with van der Waals surface area (Å²) in [4.78, 5) is 0. The van der Waals surface area contributed by atoms with E-state index in [9.17, 15) is 0 Å². The van der Waals surface area contributed by atoms with Gasteiger partial charge in [-0.3, -0.25) is 0 Å². The molecule has 2 nitrogen and oxygen atoms in total. The summed E-state index contributed by atoms with van der Waals surface area (Å²) in [6.45, 7) is 8.75. The summed E-state index contributed by atoms with van der Waals surface area (Å²) in [5.74, 6) is 0. The second kappa shape index (κ2) is 8.92. The third-order valence-electron chi connectivity index (χ3n) is 3.23. The average Bonchev–Trinajstić information content (AvgIpc) is 2.39. The molecule has 0 aliphatic carbocycles. The number of hydrogen-bond donors (Lipinski definition) is 0. The molecule has 0 unspecified atom stereocenters. The highest BCUT2D eigenvalue weighted by Gasteiger charge is 2.08. The van der Waals surface area contributed by atoms with Crippen molar-refractivity contribution in [2.75, 3.05) is 0 Å². The van der Waals surface area contributed by atoms with E-state index in [0.29, 0.717) is 12.1 Å². The molecule has 0 fully saturated rings. The van der Waals surface area contributed by atoms with Crippen LogP contribution in [0.25, 0.3) is 11.1 Å². The molecule has 0 aliphatic heterocycles. The Morgan fingerprint density at radius 2 is 0.850 bits per heavy atom. The van der Waals surface area contributed by atoms with Gasteiger partial charge in [-0.1, -0.05) is 0 Å². The molecule has 0 bridgehead atoms. The van der Waals surface area contributed by atoms with Crippen molar-refractivity contribution in [2.24, 2.45) is 0 Å². The largest absolute Gasteiger partial charge is 1.00 e. The molecule has 0 saturated heterocycles. The minimum absolute atomic E-state index is 0. The monoisotopic (exact) mass is 496 g/mol. The van der Waals surface area contributed by atoms with E-state index in [0.717, 1.165) is 0 Å². The molecule has 0 spiro atoms. The maximum Gasteiger partial charge on any atom is 0.169 e. The van der Waals surface area contributed by atoms with Crippen molar-refractivity contribution in [1.82, 2.24) is 0 Å². The van der Waals surface area contributed by atoms with E-state index in [2.05, 4.69) is 85.9 Å². The van der Waals surface area contributed by atoms with Crippen LogP contribution < -0.4 is 57.1 Å². The van der Waals surface area contributed by atoms with Gasteiger partial charge in [0.2, 0.25) is 0 Å². The fourth-order valence-electron chi connectivity index (χ4n) is 1.95. The number of aromatic nitrogens is 2. The molecule has 110 valence electrons. The molecular weight excluding hydrogens is 474 g/mol. The van der Waals surface area contributed by atoms with Gasteiger partial charge >= 0.3 is 0 Å². The first kappa shape index (κ1) is 19.8. The van der Waals surface area contributed by atoms with Crippen molar-refractivity contribution in [1.29, 1.82) is 0 Å². The van der Waals surface area contributed by atoms with Crippen molar-refractivity contribution in [2.45, 2.75) is 39.8 Å². The van der Waals surface area contributed by atoms with Gasteiger partial charge in [0, 0.05) is 24.3 Å². The molecule has 0 amide bonds. The van der Waals surface area contributed by atoms with E-state index in [1.165, 1.54) is 11.1 Å². The number of halogens is 2. The summed E-state index contributed by atoms with van der Waals surface area (Å²) in [5.41, 5.74) is 2.53. The van der Waals surface area contributed by atoms with E-state index in [1.54, 1.807) is 0 Å². The van der Waals surface area contributed by atoms with Crippen molar-refractivity contribution in [3.8, 4) is 11.1 Å². The molecule has 0 N–H and O–H groups in total. The first-order chi connectivity index (χ1) is 8.58. The lowest BCUT2D eigenvalue weighted by Crippen LogP contribution is -3.00. The third-order valence-corrected chi connectivity index (χ3v) is 3.23. The topological polar surface area (TPSA) is 7.76 Å². The molecule has 0 atom stereocenters. The highest BCUT2D eigenvalue weighted by Crippen LogP contribution is 2.16. The number of pyridine rings is 2. The molecule has 20 heavy (non-hydrogen) atoms. The summed E-state index contributed by atoms with van der Waals surface area (Å²) >= 11 is 0. The predicted octanol–water partition coefficient (Wildman–Crippen LogP) is -2.90. The zero-order chi connectivity index (χ0) is 13.1. The van der Waals surface area contributed by atoms with E-state index < -0.39 is 0 Å². The molecule has 4 heteroatoms. The van der Waals surface area contributed by atoms with Crippen LogP contribution in [0.5, 0.6) is 0 Å². The van der Waals surface area contributed by atoms with Crippen LogP contribution in [0.2, 0.25) is 0 Å². The van der Waals surface area contributed by atoms with E-state index in [-0.39, 0.29) is 48.0 Å². The van der Waals surface area contributed by atoms with E-state index in [4.69, 9.17) is 0 Å². The van der Waals surface area contributed by atoms with Gasteiger partial charge in [-0.2, -0.15) is 0 Å². The molecule has 2 rings (SSSR count). The third kappa shape index (κ3) is 4.95. The minimum Gasteiger partial charge on any atom is -1.00 e. The first-order valence-corrected chi connectivity index (χ1v) is 6.60. The zero-order valence-corrected chi connectivity index (χ0v) is 16.7. The Bertz CT molecular complexity index is 456. The van der Waals surface area contributed by atoms with Crippen LogP contribution in [0.1, 0.15) is 39.8 Å². The van der Waals surface area contributed by atoms with Crippen molar-refractivity contribution >= 4 is 0 Å². The van der Waals surface area contributed by atoms with Crippen LogP contribution in [-0.2, 0) is 0 Å². The molecule has 0 saturated carbocycles. The van der Waals surface area contributed by atoms with Gasteiger partial charge in [0.15, 0.2) is 36.9 Å². The van der Waals surface area contributed by atoms with Crippen LogP contribution >= 0.6 is 0 Å². The smallest absolute Gasteiger partial charge is 0.169 e. The van der Waals surface area contributed by atoms with Crippen molar-refractivity contribution in [3.63, 3.8) is 0 Å². The quantitative estimate of drug-likeness (QED) is 0.319. The highest BCUT2D eigenvalue weighted by atomic mass is 127. The Morgan fingerprint density at radius 3 is 1.05 bits per heavy atom. The van der Waals surface area contributed by atoms with Gasteiger partial charge in [0.25, 0.3) is 0 Å². The molecule has 2 aromatic heterocycles. The highest BCUT2D eigenvalue weighted by molar-refractivity contribution is 5.60. The fraction of sp³-hybridized carbons (Fsp3) is 0.375. The predicted molar refractivity (Wildman–Crippen MR) is 73.0 cm³/mol. The van der Waals surface area contributed by atoms with Gasteiger partial charge in [0.05, 0.1) is 0 Å². The Hall–Kier alpha value is -0.240. The van der Waals surface area contributed by atoms with Gasteiger partial charge in [-0.25, -0.2) is 9.13 Å². The molecule has 0 aromatic carbocycles. The molecular formula is C16H22I2N2. The van der Waals surface area contributed by atoms with Gasteiger partial charge < -0.3 is 48.0 Å². The normalized spacial score (nSPS) is 10.1. The summed E-state index contributed by atoms with van der Waals surface area (Å²) in [5, 5.41) is 0. The second-order valence-electron chi connectivity index (χ2n) is 5.26.